The summed E-state index contributed by atoms with van der Waals surface area (Å²) in [6.45, 7) is 0. The van der Waals surface area contributed by atoms with Crippen LogP contribution in [-0.4, -0.2) is 74.7 Å². The van der Waals surface area contributed by atoms with Crippen molar-refractivity contribution in [2.45, 2.75) is 0 Å². The molecule has 0 nitrogen and oxygen atoms in total. The summed E-state index contributed by atoms with van der Waals surface area (Å²) in [5.41, 5.74) is 0. The predicted molar refractivity (Wildman–Crippen MR) is 38.0 cm³/mol. The van der Waals surface area contributed by atoms with Gasteiger partial charge < -0.3 is 0 Å². The first-order chi connectivity index (χ1) is 0. The molecule has 0 aliphatic rings. The first kappa shape index (κ1) is 52.3. The van der Waals surface area contributed by atoms with Crippen LogP contribution < -0.4 is 0 Å². The first-order valence-corrected chi connectivity index (χ1v) is 0. The van der Waals surface area contributed by atoms with E-state index in [1.165, 1.54) is 0 Å². The van der Waals surface area contributed by atoms with Gasteiger partial charge in [0.1, 0.15) is 0 Å². The van der Waals surface area contributed by atoms with E-state index in [1.807, 2.05) is 0 Å². The molecule has 0 spiro atoms. The Kier molecular flexibility index (Phi) is 321. The Hall–Kier alpha value is 3.83. The van der Waals surface area contributed by atoms with Crippen molar-refractivity contribution in [1.29, 1.82) is 0 Å². The van der Waals surface area contributed by atoms with Gasteiger partial charge in [0.2, 0.25) is 0 Å². The van der Waals surface area contributed by atoms with Gasteiger partial charge in [-0.15, -0.1) is 0 Å². The molecular formula is H4In2MgS2Zn. The van der Waals surface area contributed by atoms with E-state index in [0.29, 0.717) is 0 Å². The predicted octanol–water partition coefficient (Wildman–Crippen LogP) is -0.919. The first-order valence-electron chi connectivity index (χ1n) is 0. The van der Waals surface area contributed by atoms with Crippen LogP contribution in [-0.2, 0) is 19.5 Å². The molecule has 0 unspecified atom stereocenters. The molecule has 0 N–H and O–H groups in total. The molecule has 0 rings (SSSR count). The molecule has 0 aliphatic carbocycles. The fourth-order valence-corrected chi connectivity index (χ4v) is 0. The molecule has 0 bridgehead atoms. The van der Waals surface area contributed by atoms with Gasteiger partial charge in [-0.3, -0.25) is 0 Å². The molecule has 26 valence electrons. The topological polar surface area (TPSA) is 0 Å². The van der Waals surface area contributed by atoms with Crippen LogP contribution in [0.15, 0.2) is 0 Å². The van der Waals surface area contributed by atoms with Crippen molar-refractivity contribution in [3.63, 3.8) is 0 Å². The average molecular weight is 387 g/mol. The van der Waals surface area contributed by atoms with E-state index in [9.17, 15) is 0 Å². The molecule has 0 amide bonds. The third-order valence-electron chi connectivity index (χ3n) is 0. The summed E-state index contributed by atoms with van der Waals surface area (Å²) >= 11 is 0. The van der Waals surface area contributed by atoms with Crippen molar-refractivity contribution in [2.24, 2.45) is 0 Å². The van der Waals surface area contributed by atoms with Gasteiger partial charge in [-0.05, 0) is 0 Å². The molecule has 0 saturated carbocycles. The van der Waals surface area contributed by atoms with Gasteiger partial charge >= 0.3 is 0 Å². The Morgan fingerprint density at radius 2 is 0.667 bits per heavy atom. The maximum absolute atomic E-state index is 0. The molecule has 0 aromatic carbocycles. The van der Waals surface area contributed by atoms with Gasteiger partial charge in [0, 0.05) is 94.2 Å². The molecule has 0 heterocycles. The zero-order chi connectivity index (χ0) is 0. The van der Waals surface area contributed by atoms with Crippen molar-refractivity contribution in [2.75, 3.05) is 0 Å². The zero-order valence-corrected chi connectivity index (χ0v) is 16.5. The molecule has 6 heteroatoms. The summed E-state index contributed by atoms with van der Waals surface area (Å²) < 4.78 is 0. The second-order valence-corrected chi connectivity index (χ2v) is 0. The van der Waals surface area contributed by atoms with Gasteiger partial charge in [0.15, 0.2) is 0 Å². The minimum Gasteiger partial charge on any atom is -0.197 e. The second kappa shape index (κ2) is 36.9. The number of hydrogen-bond donors (Lipinski definition) is 0. The van der Waals surface area contributed by atoms with Crippen molar-refractivity contribution in [3.05, 3.63) is 0 Å². The molecule has 0 aromatic rings. The Labute approximate surface area is 119 Å². The number of rotatable bonds is 0. The third-order valence-corrected chi connectivity index (χ3v) is 0. The summed E-state index contributed by atoms with van der Waals surface area (Å²) in [6.07, 6.45) is 0. The minimum absolute atomic E-state index is 0. The van der Waals surface area contributed by atoms with E-state index in [-0.39, 0.29) is 121 Å². The Morgan fingerprint density at radius 1 is 0.667 bits per heavy atom. The van der Waals surface area contributed by atoms with Crippen LogP contribution in [0.3, 0.4) is 0 Å². The summed E-state index contributed by atoms with van der Waals surface area (Å²) in [5, 5.41) is 0. The smallest absolute Gasteiger partial charge is 0 e. The van der Waals surface area contributed by atoms with Gasteiger partial charge in [-0.1, -0.05) is 0 Å². The van der Waals surface area contributed by atoms with E-state index in [0.717, 1.165) is 0 Å². The number of hydrogen-bond acceptors (Lipinski definition) is 0. The van der Waals surface area contributed by atoms with Crippen LogP contribution in [0, 0.1) is 0 Å². The summed E-state index contributed by atoms with van der Waals surface area (Å²) in [6, 6.07) is 0. The molecule has 0 fully saturated rings. The largest absolute Gasteiger partial charge is 0.197 e. The molecule has 0 aromatic heterocycles. The second-order valence-electron chi connectivity index (χ2n) is 0. The van der Waals surface area contributed by atoms with E-state index in [4.69, 9.17) is 0 Å². The standard InChI is InChI=1S/2In.Mg.2H2S.Zn/h;;;2*1H2;. The van der Waals surface area contributed by atoms with Crippen LogP contribution >= 0.6 is 27.0 Å². The fraction of sp³-hybridized carbons (Fsp3) is 0. The van der Waals surface area contributed by atoms with Crippen molar-refractivity contribution in [3.8, 4) is 0 Å². The zero-order valence-electron chi connectivity index (χ0n) is 3.57. The summed E-state index contributed by atoms with van der Waals surface area (Å²) in [7, 11) is 0. The quantitative estimate of drug-likeness (QED) is 0.472. The molecule has 8 radical (unpaired) electrons. The van der Waals surface area contributed by atoms with Crippen molar-refractivity contribution < 1.29 is 19.5 Å². The summed E-state index contributed by atoms with van der Waals surface area (Å²) in [4.78, 5) is 0. The van der Waals surface area contributed by atoms with E-state index in [2.05, 4.69) is 0 Å². The average Bonchev–Trinajstić information content (AvgIpc) is 0. The molecule has 0 saturated heterocycles. The van der Waals surface area contributed by atoms with Crippen LogP contribution in [0.25, 0.3) is 0 Å². The maximum atomic E-state index is 0. The van der Waals surface area contributed by atoms with Gasteiger partial charge in [-0.2, -0.15) is 27.0 Å². The molecule has 0 aliphatic heterocycles. The Bertz CT molecular complexity index is 11.5. The van der Waals surface area contributed by atoms with Crippen LogP contribution in [0.1, 0.15) is 0 Å². The SMILES string of the molecule is S.S.[In].[In].[Mg].[Zn]. The van der Waals surface area contributed by atoms with Crippen molar-refractivity contribution >= 4 is 102 Å². The molecular weight excluding hydrogens is 383 g/mol. The Morgan fingerprint density at radius 3 is 0.667 bits per heavy atom. The van der Waals surface area contributed by atoms with Crippen LogP contribution in [0.2, 0.25) is 0 Å². The Balaban J connectivity index is 0. The van der Waals surface area contributed by atoms with Crippen LogP contribution in [0.4, 0.5) is 0 Å². The molecule has 0 atom stereocenters. The van der Waals surface area contributed by atoms with E-state index in [1.54, 1.807) is 0 Å². The minimum atomic E-state index is 0. The fourth-order valence-electron chi connectivity index (χ4n) is 0. The monoisotopic (exact) mass is 386 g/mol. The normalized spacial score (nSPS) is 0. The van der Waals surface area contributed by atoms with E-state index >= 15 is 0 Å². The van der Waals surface area contributed by atoms with Crippen LogP contribution in [0.5, 0.6) is 0 Å². The maximum Gasteiger partial charge on any atom is 0 e. The van der Waals surface area contributed by atoms with Gasteiger partial charge in [-0.25, -0.2) is 0 Å². The third kappa shape index (κ3) is 24.9. The van der Waals surface area contributed by atoms with Crippen molar-refractivity contribution in [1.82, 2.24) is 0 Å². The van der Waals surface area contributed by atoms with Gasteiger partial charge in [0.25, 0.3) is 0 Å². The van der Waals surface area contributed by atoms with Gasteiger partial charge in [0.05, 0.1) is 0 Å². The van der Waals surface area contributed by atoms with E-state index < -0.39 is 0 Å². The summed E-state index contributed by atoms with van der Waals surface area (Å²) in [5.74, 6) is 0. The molecule has 6 heavy (non-hydrogen) atoms.